The summed E-state index contributed by atoms with van der Waals surface area (Å²) in [6.07, 6.45) is 2.48. The van der Waals surface area contributed by atoms with Gasteiger partial charge in [-0.3, -0.25) is 4.57 Å². The van der Waals surface area contributed by atoms with Crippen LogP contribution in [0.5, 0.6) is 0 Å². The van der Waals surface area contributed by atoms with Crippen LogP contribution in [0.15, 0.2) is 25.3 Å². The van der Waals surface area contributed by atoms with Gasteiger partial charge in [0.2, 0.25) is 0 Å². The van der Waals surface area contributed by atoms with Crippen molar-refractivity contribution in [3.05, 3.63) is 31.0 Å². The van der Waals surface area contributed by atoms with E-state index in [-0.39, 0.29) is 0 Å². The van der Waals surface area contributed by atoms with Crippen molar-refractivity contribution < 1.29 is 14.9 Å². The zero-order chi connectivity index (χ0) is 21.5. The number of nitrogen functional groups attached to an aromatic ring is 1. The fourth-order valence-electron chi connectivity index (χ4n) is 3.79. The number of nitrogens with one attached hydrogen (secondary N) is 1. The molecule has 0 bridgehead atoms. The van der Waals surface area contributed by atoms with Gasteiger partial charge in [-0.15, -0.1) is 0 Å². The number of imidazole rings is 2. The average molecular weight is 426 g/mol. The van der Waals surface area contributed by atoms with Gasteiger partial charge < -0.3 is 30.6 Å². The van der Waals surface area contributed by atoms with Crippen LogP contribution in [0, 0.1) is 6.92 Å². The highest BCUT2D eigenvalue weighted by molar-refractivity contribution is 5.81. The van der Waals surface area contributed by atoms with Gasteiger partial charge in [0.1, 0.15) is 42.0 Å². The number of fused-ring (bicyclic) bond motifs is 2. The molecule has 5 N–H and O–H groups in total. The number of nitrogens with two attached hydrogens (primary N) is 1. The molecule has 5 rings (SSSR count). The highest BCUT2D eigenvalue weighted by Crippen LogP contribution is 2.31. The summed E-state index contributed by atoms with van der Waals surface area (Å²) in [6.45, 7) is 3.34. The molecule has 13 nitrogen and oxygen atoms in total. The molecule has 4 unspecified atom stereocenters. The number of aliphatic hydroxyl groups is 2. The molecular weight excluding hydrogens is 404 g/mol. The van der Waals surface area contributed by atoms with Gasteiger partial charge >= 0.3 is 0 Å². The molecule has 0 radical (unpaired) electrons. The topological polar surface area (TPSA) is 175 Å². The fourth-order valence-corrected chi connectivity index (χ4v) is 3.79. The Hall–Kier alpha value is -3.26. The van der Waals surface area contributed by atoms with E-state index >= 15 is 0 Å². The SMILES string of the molecule is Cc1ncnc2c1ncn2C1OC(CNCCn2cnc3c(N)ncnc32)C(O)C1O. The third-order valence-corrected chi connectivity index (χ3v) is 5.46. The van der Waals surface area contributed by atoms with Gasteiger partial charge in [0, 0.05) is 19.6 Å². The summed E-state index contributed by atoms with van der Waals surface area (Å²) >= 11 is 0. The van der Waals surface area contributed by atoms with Gasteiger partial charge in [0.05, 0.1) is 18.3 Å². The number of aryl methyl sites for hydroxylation is 1. The van der Waals surface area contributed by atoms with Crippen LogP contribution in [0.2, 0.25) is 0 Å². The van der Waals surface area contributed by atoms with Crippen molar-refractivity contribution in [3.8, 4) is 0 Å². The molecular formula is C18H22N10O3. The molecule has 1 saturated heterocycles. The van der Waals surface area contributed by atoms with Crippen molar-refractivity contribution in [1.82, 2.24) is 44.4 Å². The first-order chi connectivity index (χ1) is 15.0. The van der Waals surface area contributed by atoms with E-state index in [4.69, 9.17) is 10.5 Å². The van der Waals surface area contributed by atoms with Gasteiger partial charge in [-0.05, 0) is 6.92 Å². The summed E-state index contributed by atoms with van der Waals surface area (Å²) in [6, 6.07) is 0. The van der Waals surface area contributed by atoms with E-state index in [2.05, 4.69) is 35.2 Å². The maximum absolute atomic E-state index is 10.5. The maximum Gasteiger partial charge on any atom is 0.165 e. The van der Waals surface area contributed by atoms with Crippen molar-refractivity contribution in [3.63, 3.8) is 0 Å². The van der Waals surface area contributed by atoms with Crippen LogP contribution in [-0.2, 0) is 11.3 Å². The van der Waals surface area contributed by atoms with Crippen LogP contribution in [0.4, 0.5) is 5.82 Å². The normalized spacial score (nSPS) is 23.8. The Bertz CT molecular complexity index is 1220. The molecule has 13 heteroatoms. The maximum atomic E-state index is 10.5. The number of hydrogen-bond donors (Lipinski definition) is 4. The van der Waals surface area contributed by atoms with E-state index in [1.54, 1.807) is 17.2 Å². The minimum absolute atomic E-state index is 0.340. The second kappa shape index (κ2) is 7.77. The molecule has 4 aromatic heterocycles. The number of nitrogens with zero attached hydrogens (tertiary/aromatic N) is 8. The van der Waals surface area contributed by atoms with E-state index < -0.39 is 24.5 Å². The van der Waals surface area contributed by atoms with Gasteiger partial charge in [-0.2, -0.15) is 0 Å². The largest absolute Gasteiger partial charge is 0.387 e. The minimum Gasteiger partial charge on any atom is -0.387 e. The zero-order valence-corrected chi connectivity index (χ0v) is 16.7. The Morgan fingerprint density at radius 2 is 1.77 bits per heavy atom. The lowest BCUT2D eigenvalue weighted by atomic mass is 10.1. The van der Waals surface area contributed by atoms with Crippen LogP contribution in [-0.4, -0.2) is 80.7 Å². The molecule has 0 spiro atoms. The minimum atomic E-state index is -1.11. The first-order valence-corrected chi connectivity index (χ1v) is 9.82. The first-order valence-electron chi connectivity index (χ1n) is 9.82. The highest BCUT2D eigenvalue weighted by atomic mass is 16.6. The molecule has 0 aromatic carbocycles. The number of hydrogen-bond acceptors (Lipinski definition) is 11. The first kappa shape index (κ1) is 19.7. The Balaban J connectivity index is 1.22. The van der Waals surface area contributed by atoms with Gasteiger partial charge in [-0.1, -0.05) is 0 Å². The molecule has 0 aliphatic carbocycles. The summed E-state index contributed by atoms with van der Waals surface area (Å²) in [5, 5.41) is 24.3. The molecule has 31 heavy (non-hydrogen) atoms. The summed E-state index contributed by atoms with van der Waals surface area (Å²) < 4.78 is 9.43. The number of anilines is 1. The standard InChI is InChI=1S/C18H22N10O3/c1-9-11-17(24-5-21-9)28(8-26-11)18-14(30)13(29)10(31-18)4-20-2-3-27-7-25-12-15(19)22-6-23-16(12)27/h5-8,10,13-14,18,20,29-30H,2-4H2,1H3,(H2,19,22,23). The molecule has 0 amide bonds. The van der Waals surface area contributed by atoms with E-state index in [0.29, 0.717) is 47.8 Å². The second-order valence-electron chi connectivity index (χ2n) is 7.40. The lowest BCUT2D eigenvalue weighted by Crippen LogP contribution is -2.38. The van der Waals surface area contributed by atoms with E-state index in [1.165, 1.54) is 12.7 Å². The van der Waals surface area contributed by atoms with Gasteiger partial charge in [0.15, 0.2) is 23.3 Å². The molecule has 0 saturated carbocycles. The fraction of sp³-hybridized carbons (Fsp3) is 0.444. The molecule has 1 fully saturated rings. The Labute approximate surface area is 176 Å². The van der Waals surface area contributed by atoms with E-state index in [0.717, 1.165) is 5.69 Å². The van der Waals surface area contributed by atoms with Crippen LogP contribution in [0.1, 0.15) is 11.9 Å². The predicted octanol–water partition coefficient (Wildman–Crippen LogP) is -1.23. The smallest absolute Gasteiger partial charge is 0.165 e. The molecule has 4 atom stereocenters. The Morgan fingerprint density at radius 1 is 1.00 bits per heavy atom. The summed E-state index contributed by atoms with van der Waals surface area (Å²) in [5.41, 5.74) is 8.94. The highest BCUT2D eigenvalue weighted by Gasteiger charge is 2.44. The molecule has 1 aliphatic heterocycles. The number of aliphatic hydroxyl groups excluding tert-OH is 2. The van der Waals surface area contributed by atoms with Crippen LogP contribution < -0.4 is 11.1 Å². The van der Waals surface area contributed by atoms with Crippen LogP contribution >= 0.6 is 0 Å². The lowest BCUT2D eigenvalue weighted by molar-refractivity contribution is -0.0341. The third kappa shape index (κ3) is 3.37. The van der Waals surface area contributed by atoms with Crippen molar-refractivity contribution in [2.75, 3.05) is 18.8 Å². The average Bonchev–Trinajstić information content (AvgIpc) is 3.45. The van der Waals surface area contributed by atoms with Crippen LogP contribution in [0.3, 0.4) is 0 Å². The van der Waals surface area contributed by atoms with Crippen molar-refractivity contribution in [1.29, 1.82) is 0 Å². The number of aromatic nitrogens is 8. The predicted molar refractivity (Wildman–Crippen MR) is 109 cm³/mol. The monoisotopic (exact) mass is 426 g/mol. The van der Waals surface area contributed by atoms with Crippen molar-refractivity contribution >= 4 is 28.1 Å². The summed E-state index contributed by atoms with van der Waals surface area (Å²) in [5.74, 6) is 0.340. The third-order valence-electron chi connectivity index (χ3n) is 5.46. The Morgan fingerprint density at radius 3 is 2.65 bits per heavy atom. The van der Waals surface area contributed by atoms with Crippen molar-refractivity contribution in [2.45, 2.75) is 38.0 Å². The molecule has 162 valence electrons. The van der Waals surface area contributed by atoms with E-state index in [1.807, 2.05) is 11.5 Å². The summed E-state index contributed by atoms with van der Waals surface area (Å²) in [7, 11) is 0. The van der Waals surface area contributed by atoms with E-state index in [9.17, 15) is 10.2 Å². The molecule has 5 heterocycles. The van der Waals surface area contributed by atoms with Gasteiger partial charge in [0.25, 0.3) is 0 Å². The second-order valence-corrected chi connectivity index (χ2v) is 7.40. The van der Waals surface area contributed by atoms with Crippen LogP contribution in [0.25, 0.3) is 22.3 Å². The number of rotatable bonds is 6. The molecule has 4 aromatic rings. The number of ether oxygens (including phenoxy) is 1. The summed E-state index contributed by atoms with van der Waals surface area (Å²) in [4.78, 5) is 25.0. The van der Waals surface area contributed by atoms with Crippen molar-refractivity contribution in [2.24, 2.45) is 0 Å². The quantitative estimate of drug-likeness (QED) is 0.271. The Kier molecular flexibility index (Phi) is 4.94. The molecule has 1 aliphatic rings. The zero-order valence-electron chi connectivity index (χ0n) is 16.7. The van der Waals surface area contributed by atoms with Gasteiger partial charge in [-0.25, -0.2) is 29.9 Å². The lowest BCUT2D eigenvalue weighted by Gasteiger charge is -2.16.